The Morgan fingerprint density at radius 3 is 2.78 bits per heavy atom. The van der Waals surface area contributed by atoms with Gasteiger partial charge in [-0.05, 0) is 25.8 Å². The maximum absolute atomic E-state index is 12.9. The van der Waals surface area contributed by atoms with E-state index in [0.29, 0.717) is 18.8 Å². The Morgan fingerprint density at radius 2 is 2.03 bits per heavy atom. The number of fused-ring (bicyclic) bond motifs is 1. The van der Waals surface area contributed by atoms with E-state index in [1.165, 1.54) is 5.56 Å². The summed E-state index contributed by atoms with van der Waals surface area (Å²) < 4.78 is 5.71. The molecule has 3 saturated heterocycles. The van der Waals surface area contributed by atoms with E-state index in [2.05, 4.69) is 39.4 Å². The summed E-state index contributed by atoms with van der Waals surface area (Å²) in [5.74, 6) is -0.0717. The Balaban J connectivity index is 1.20. The Bertz CT molecular complexity index is 1030. The van der Waals surface area contributed by atoms with Crippen LogP contribution in [0.1, 0.15) is 33.7 Å². The SMILES string of the molecule is Cc1[nH]nc(C(=O)N2CCC(N3C(=O)O[C@H]4CN(CC=Cc5ccccc5)C[C@H]43)C2)c1C. The summed E-state index contributed by atoms with van der Waals surface area (Å²) in [5.41, 5.74) is 3.44. The van der Waals surface area contributed by atoms with Crippen LogP contribution in [0.3, 0.4) is 0 Å². The van der Waals surface area contributed by atoms with Gasteiger partial charge in [0, 0.05) is 44.0 Å². The fourth-order valence-corrected chi connectivity index (χ4v) is 5.01. The van der Waals surface area contributed by atoms with E-state index in [-0.39, 0.29) is 30.2 Å². The van der Waals surface area contributed by atoms with Crippen molar-refractivity contribution in [2.45, 2.75) is 38.5 Å². The lowest BCUT2D eigenvalue weighted by Crippen LogP contribution is -2.46. The molecule has 0 spiro atoms. The third-order valence-corrected chi connectivity index (χ3v) is 6.91. The molecule has 4 heterocycles. The number of aromatic nitrogens is 2. The van der Waals surface area contributed by atoms with Crippen LogP contribution >= 0.6 is 0 Å². The number of nitrogens with zero attached hydrogens (tertiary/aromatic N) is 4. The lowest BCUT2D eigenvalue weighted by molar-refractivity contribution is 0.0767. The summed E-state index contributed by atoms with van der Waals surface area (Å²) in [4.78, 5) is 31.6. The van der Waals surface area contributed by atoms with Gasteiger partial charge in [-0.2, -0.15) is 5.10 Å². The number of rotatable bonds is 5. The van der Waals surface area contributed by atoms with E-state index < -0.39 is 0 Å². The molecule has 0 radical (unpaired) electrons. The summed E-state index contributed by atoms with van der Waals surface area (Å²) in [6.07, 6.45) is 4.70. The summed E-state index contributed by atoms with van der Waals surface area (Å²) in [5, 5.41) is 7.06. The number of aromatic amines is 1. The van der Waals surface area contributed by atoms with Gasteiger partial charge in [-0.3, -0.25) is 19.7 Å². The molecule has 32 heavy (non-hydrogen) atoms. The maximum Gasteiger partial charge on any atom is 0.410 e. The first-order chi connectivity index (χ1) is 15.5. The van der Waals surface area contributed by atoms with Crippen molar-refractivity contribution < 1.29 is 14.3 Å². The molecule has 8 nitrogen and oxygen atoms in total. The molecule has 0 saturated carbocycles. The smallest absolute Gasteiger partial charge is 0.410 e. The van der Waals surface area contributed by atoms with Gasteiger partial charge >= 0.3 is 6.09 Å². The largest absolute Gasteiger partial charge is 0.442 e. The number of likely N-dealkylation sites (tertiary alicyclic amines) is 2. The molecule has 3 aliphatic rings. The van der Waals surface area contributed by atoms with Crippen molar-refractivity contribution in [1.29, 1.82) is 0 Å². The first-order valence-electron chi connectivity index (χ1n) is 11.2. The lowest BCUT2D eigenvalue weighted by Gasteiger charge is -2.27. The second-order valence-electron chi connectivity index (χ2n) is 8.94. The van der Waals surface area contributed by atoms with Gasteiger partial charge in [0.1, 0.15) is 6.10 Å². The molecule has 1 aromatic heterocycles. The number of hydrogen-bond acceptors (Lipinski definition) is 5. The Morgan fingerprint density at radius 1 is 1.22 bits per heavy atom. The number of amides is 2. The number of aryl methyl sites for hydroxylation is 1. The van der Waals surface area contributed by atoms with Gasteiger partial charge in [0.25, 0.3) is 5.91 Å². The number of nitrogens with one attached hydrogen (secondary N) is 1. The van der Waals surface area contributed by atoms with E-state index in [9.17, 15) is 9.59 Å². The van der Waals surface area contributed by atoms with Crippen LogP contribution in [0.2, 0.25) is 0 Å². The molecule has 168 valence electrons. The average Bonchev–Trinajstić information content (AvgIpc) is 3.54. The summed E-state index contributed by atoms with van der Waals surface area (Å²) in [6.45, 7) is 7.32. The minimum Gasteiger partial charge on any atom is -0.442 e. The van der Waals surface area contributed by atoms with E-state index in [1.807, 2.05) is 41.8 Å². The molecule has 2 aromatic rings. The van der Waals surface area contributed by atoms with Crippen LogP contribution < -0.4 is 0 Å². The predicted octanol–water partition coefficient (Wildman–Crippen LogP) is 2.46. The highest BCUT2D eigenvalue weighted by Gasteiger charge is 2.51. The Kier molecular flexibility index (Phi) is 5.46. The topological polar surface area (TPSA) is 81.8 Å². The molecule has 1 unspecified atom stereocenters. The maximum atomic E-state index is 12.9. The highest BCUT2D eigenvalue weighted by atomic mass is 16.6. The van der Waals surface area contributed by atoms with Gasteiger partial charge in [0.2, 0.25) is 0 Å². The number of H-pyrrole nitrogens is 1. The van der Waals surface area contributed by atoms with E-state index >= 15 is 0 Å². The van der Waals surface area contributed by atoms with Crippen LogP contribution in [0.25, 0.3) is 6.08 Å². The molecule has 3 aliphatic heterocycles. The van der Waals surface area contributed by atoms with E-state index in [4.69, 9.17) is 4.74 Å². The second kappa shape index (κ2) is 8.43. The third kappa shape index (κ3) is 3.79. The van der Waals surface area contributed by atoms with Crippen molar-refractivity contribution >= 4 is 18.1 Å². The first-order valence-corrected chi connectivity index (χ1v) is 11.2. The van der Waals surface area contributed by atoms with Crippen LogP contribution in [0, 0.1) is 13.8 Å². The number of carbonyl (C=O) groups is 2. The van der Waals surface area contributed by atoms with Gasteiger partial charge in [0.15, 0.2) is 5.69 Å². The number of carbonyl (C=O) groups excluding carboxylic acids is 2. The lowest BCUT2D eigenvalue weighted by atomic mass is 10.1. The highest BCUT2D eigenvalue weighted by Crippen LogP contribution is 2.32. The van der Waals surface area contributed by atoms with Crippen molar-refractivity contribution in [3.8, 4) is 0 Å². The van der Waals surface area contributed by atoms with E-state index in [0.717, 1.165) is 37.3 Å². The number of hydrogen-bond donors (Lipinski definition) is 1. The van der Waals surface area contributed by atoms with E-state index in [1.54, 1.807) is 0 Å². The number of benzene rings is 1. The quantitative estimate of drug-likeness (QED) is 0.780. The normalized spacial score (nSPS) is 25.7. The minimum atomic E-state index is -0.245. The van der Waals surface area contributed by atoms with Crippen LogP contribution in [-0.2, 0) is 4.74 Å². The predicted molar refractivity (Wildman–Crippen MR) is 120 cm³/mol. The van der Waals surface area contributed by atoms with Gasteiger partial charge < -0.3 is 9.64 Å². The standard InChI is InChI=1S/C24H29N5O3/c1-16-17(2)25-26-22(16)23(30)28-12-10-19(13-28)29-20-14-27(15-21(20)32-24(29)31)11-6-9-18-7-4-3-5-8-18/h3-9,19-21H,10-15H2,1-2H3,(H,25,26)/t19?,20-,21+/m1/s1. The zero-order valence-corrected chi connectivity index (χ0v) is 18.5. The minimum absolute atomic E-state index is 0.0124. The fraction of sp³-hybridized carbons (Fsp3) is 0.458. The van der Waals surface area contributed by atoms with Crippen LogP contribution in [0.4, 0.5) is 4.79 Å². The average molecular weight is 436 g/mol. The summed E-state index contributed by atoms with van der Waals surface area (Å²) >= 11 is 0. The highest BCUT2D eigenvalue weighted by molar-refractivity contribution is 5.94. The fourth-order valence-electron chi connectivity index (χ4n) is 5.01. The van der Waals surface area contributed by atoms with Crippen molar-refractivity contribution in [3.05, 3.63) is 58.9 Å². The summed E-state index contributed by atoms with van der Waals surface area (Å²) in [7, 11) is 0. The Labute approximate surface area is 187 Å². The summed E-state index contributed by atoms with van der Waals surface area (Å²) in [6, 6.07) is 10.3. The number of ether oxygens (including phenoxy) is 1. The third-order valence-electron chi connectivity index (χ3n) is 6.91. The zero-order valence-electron chi connectivity index (χ0n) is 18.5. The molecule has 5 rings (SSSR count). The van der Waals surface area contributed by atoms with Gasteiger partial charge in [-0.1, -0.05) is 42.5 Å². The molecule has 0 aliphatic carbocycles. The first kappa shape index (κ1) is 20.8. The molecular formula is C24H29N5O3. The van der Waals surface area contributed by atoms with Gasteiger partial charge in [-0.25, -0.2) is 4.79 Å². The molecule has 1 N–H and O–H groups in total. The van der Waals surface area contributed by atoms with Crippen molar-refractivity contribution in [3.63, 3.8) is 0 Å². The molecular weight excluding hydrogens is 406 g/mol. The molecule has 2 amide bonds. The molecule has 3 fully saturated rings. The second-order valence-corrected chi connectivity index (χ2v) is 8.94. The zero-order chi connectivity index (χ0) is 22.2. The Hall–Kier alpha value is -3.13. The molecule has 1 aromatic carbocycles. The monoisotopic (exact) mass is 435 g/mol. The molecule has 3 atom stereocenters. The van der Waals surface area contributed by atoms with Crippen LogP contribution in [0.15, 0.2) is 36.4 Å². The van der Waals surface area contributed by atoms with Crippen molar-refractivity contribution in [2.24, 2.45) is 0 Å². The van der Waals surface area contributed by atoms with Crippen molar-refractivity contribution in [1.82, 2.24) is 24.9 Å². The molecule has 0 bridgehead atoms. The molecule has 8 heteroatoms. The van der Waals surface area contributed by atoms with Crippen LogP contribution in [0.5, 0.6) is 0 Å². The van der Waals surface area contributed by atoms with Crippen molar-refractivity contribution in [2.75, 3.05) is 32.7 Å². The van der Waals surface area contributed by atoms with Gasteiger partial charge in [0.05, 0.1) is 12.1 Å². The van der Waals surface area contributed by atoms with Crippen LogP contribution in [-0.4, -0.2) is 87.8 Å². The van der Waals surface area contributed by atoms with Gasteiger partial charge in [-0.15, -0.1) is 0 Å².